The predicted octanol–water partition coefficient (Wildman–Crippen LogP) is -7.21. The molecule has 0 aliphatic rings. The fourth-order valence-electron chi connectivity index (χ4n) is 1.69. The van der Waals surface area contributed by atoms with Gasteiger partial charge in [-0.05, 0) is 11.8 Å². The van der Waals surface area contributed by atoms with E-state index in [0.717, 1.165) is 0 Å². The Labute approximate surface area is 145 Å². The molecule has 0 aromatic heterocycles. The van der Waals surface area contributed by atoms with E-state index in [0.29, 0.717) is 0 Å². The Kier molecular flexibility index (Phi) is 11.9. The maximum atomic E-state index is 10.8. The number of carboxylic acid groups (broad SMARTS) is 2. The van der Waals surface area contributed by atoms with Gasteiger partial charge in [-0.3, -0.25) is 0 Å². The van der Waals surface area contributed by atoms with E-state index in [1.165, 1.54) is 27.7 Å². The van der Waals surface area contributed by atoms with Crippen molar-refractivity contribution >= 4 is 11.9 Å². The van der Waals surface area contributed by atoms with Gasteiger partial charge < -0.3 is 19.8 Å². The second kappa shape index (κ2) is 8.29. The zero-order valence-electron chi connectivity index (χ0n) is 10.3. The van der Waals surface area contributed by atoms with Gasteiger partial charge in [0.15, 0.2) is 0 Å². The van der Waals surface area contributed by atoms with Crippen molar-refractivity contribution in [3.8, 4) is 0 Å². The third-order valence-corrected chi connectivity index (χ3v) is 2.50. The third-order valence-electron chi connectivity index (χ3n) is 2.50. The van der Waals surface area contributed by atoms with Gasteiger partial charge in [0.25, 0.3) is 0 Å². The molecule has 0 aliphatic carbocycles. The predicted molar refractivity (Wildman–Crippen MR) is 42.1 cm³/mol. The fourth-order valence-corrected chi connectivity index (χ4v) is 1.69. The average molecular weight is 232 g/mol. The first-order chi connectivity index (χ1) is 5.77. The van der Waals surface area contributed by atoms with E-state index in [2.05, 4.69) is 0 Å². The fraction of sp³-hybridized carbons (Fsp3) is 0.778. The summed E-state index contributed by atoms with van der Waals surface area (Å²) in [5, 5.41) is 21.6. The van der Waals surface area contributed by atoms with Crippen LogP contribution in [0.4, 0.5) is 0 Å². The number of carbonyl (C=O) groups excluding carboxylic acids is 2. The van der Waals surface area contributed by atoms with Crippen LogP contribution in [0.1, 0.15) is 27.7 Å². The summed E-state index contributed by atoms with van der Waals surface area (Å²) in [5.41, 5.74) is -1.89. The van der Waals surface area contributed by atoms with E-state index >= 15 is 0 Å². The van der Waals surface area contributed by atoms with Crippen molar-refractivity contribution in [2.24, 2.45) is 17.3 Å². The van der Waals surface area contributed by atoms with Crippen molar-refractivity contribution in [2.75, 3.05) is 0 Å². The molecule has 0 saturated carbocycles. The Morgan fingerprint density at radius 3 is 1.13 bits per heavy atom. The molecular formula is C9H14KLiO4. The first-order valence-electron chi connectivity index (χ1n) is 4.20. The number of hydrogen-bond donors (Lipinski definition) is 0. The average Bonchev–Trinajstić information content (AvgIpc) is 1.82. The molecule has 0 radical (unpaired) electrons. The molecule has 15 heavy (non-hydrogen) atoms. The summed E-state index contributed by atoms with van der Waals surface area (Å²) in [7, 11) is 0. The van der Waals surface area contributed by atoms with Gasteiger partial charge in [-0.15, -0.1) is 0 Å². The molecule has 76 valence electrons. The second-order valence-electron chi connectivity index (χ2n) is 3.75. The van der Waals surface area contributed by atoms with Crippen LogP contribution in [-0.2, 0) is 9.59 Å². The molecule has 0 rings (SSSR count). The Hall–Kier alpha value is 1.17. The maximum Gasteiger partial charge on any atom is 1.00 e. The summed E-state index contributed by atoms with van der Waals surface area (Å²) in [6.07, 6.45) is 0. The Morgan fingerprint density at radius 2 is 1.13 bits per heavy atom. The van der Waals surface area contributed by atoms with Gasteiger partial charge in [-0.2, -0.15) is 0 Å². The van der Waals surface area contributed by atoms with E-state index in [1.54, 1.807) is 0 Å². The van der Waals surface area contributed by atoms with Crippen LogP contribution in [0.5, 0.6) is 0 Å². The molecule has 0 N–H and O–H groups in total. The Morgan fingerprint density at radius 1 is 0.933 bits per heavy atom. The quantitative estimate of drug-likeness (QED) is 0.356. The van der Waals surface area contributed by atoms with Crippen LogP contribution >= 0.6 is 0 Å². The van der Waals surface area contributed by atoms with E-state index in [-0.39, 0.29) is 70.2 Å². The van der Waals surface area contributed by atoms with Crippen LogP contribution in [0.3, 0.4) is 0 Å². The van der Waals surface area contributed by atoms with Gasteiger partial charge in [0, 0.05) is 0 Å². The van der Waals surface area contributed by atoms with Crippen molar-refractivity contribution in [3.63, 3.8) is 0 Å². The molecule has 0 spiro atoms. The molecule has 4 nitrogen and oxygen atoms in total. The maximum absolute atomic E-state index is 10.8. The molecule has 0 atom stereocenters. The van der Waals surface area contributed by atoms with Gasteiger partial charge in [0.1, 0.15) is 0 Å². The summed E-state index contributed by atoms with van der Waals surface area (Å²) in [6.45, 7) is 6.13. The molecule has 0 aromatic rings. The minimum Gasteiger partial charge on any atom is -0.549 e. The Bertz CT molecular complexity index is 204. The van der Waals surface area contributed by atoms with Crippen LogP contribution in [0, 0.1) is 17.3 Å². The van der Waals surface area contributed by atoms with Crippen LogP contribution in [0.15, 0.2) is 0 Å². The molecule has 0 amide bonds. The summed E-state index contributed by atoms with van der Waals surface area (Å²) in [6, 6.07) is 0. The van der Waals surface area contributed by atoms with Crippen molar-refractivity contribution in [3.05, 3.63) is 0 Å². The summed E-state index contributed by atoms with van der Waals surface area (Å²) >= 11 is 0. The minimum atomic E-state index is -1.89. The molecule has 6 heteroatoms. The van der Waals surface area contributed by atoms with Gasteiger partial charge in [0.2, 0.25) is 0 Å². The summed E-state index contributed by atoms with van der Waals surface area (Å²) in [4.78, 5) is 21.6. The zero-order chi connectivity index (χ0) is 10.8. The molecular weight excluding hydrogens is 218 g/mol. The van der Waals surface area contributed by atoms with E-state index < -0.39 is 29.2 Å². The van der Waals surface area contributed by atoms with Crippen molar-refractivity contribution in [1.82, 2.24) is 0 Å². The number of hydrogen-bond acceptors (Lipinski definition) is 4. The largest absolute Gasteiger partial charge is 1.00 e. The second-order valence-corrected chi connectivity index (χ2v) is 3.75. The molecule has 0 aliphatic heterocycles. The molecule has 0 aromatic carbocycles. The number of aliphatic carboxylic acids is 2. The molecule has 0 unspecified atom stereocenters. The SMILES string of the molecule is CC(C)C(C(=O)[O-])(C(=O)[O-])C(C)C.[K+].[Li+]. The topological polar surface area (TPSA) is 80.3 Å². The number of carboxylic acids is 2. The molecule has 0 saturated heterocycles. The van der Waals surface area contributed by atoms with Gasteiger partial charge in [0.05, 0.1) is 17.4 Å². The first kappa shape index (κ1) is 21.5. The van der Waals surface area contributed by atoms with Crippen molar-refractivity contribution in [1.29, 1.82) is 0 Å². The standard InChI is InChI=1S/C9H16O4.K.Li/c1-5(2)9(6(3)4,7(10)11)8(12)13;;/h5-6H,1-4H3,(H,10,11)(H,12,13);;/q;2*+1/p-2. The smallest absolute Gasteiger partial charge is 0.549 e. The summed E-state index contributed by atoms with van der Waals surface area (Å²) < 4.78 is 0. The van der Waals surface area contributed by atoms with E-state index in [1.807, 2.05) is 0 Å². The number of carbonyl (C=O) groups is 2. The van der Waals surface area contributed by atoms with Crippen LogP contribution < -0.4 is 80.5 Å². The van der Waals surface area contributed by atoms with Crippen LogP contribution in [0.25, 0.3) is 0 Å². The number of rotatable bonds is 4. The molecule has 0 fully saturated rings. The van der Waals surface area contributed by atoms with Crippen molar-refractivity contribution in [2.45, 2.75) is 27.7 Å². The van der Waals surface area contributed by atoms with Gasteiger partial charge in [-0.1, -0.05) is 27.7 Å². The van der Waals surface area contributed by atoms with Gasteiger partial charge >= 0.3 is 70.2 Å². The van der Waals surface area contributed by atoms with Crippen LogP contribution in [0.2, 0.25) is 0 Å². The monoisotopic (exact) mass is 232 g/mol. The normalized spacial score (nSPS) is 10.5. The van der Waals surface area contributed by atoms with Crippen LogP contribution in [-0.4, -0.2) is 11.9 Å². The third kappa shape index (κ3) is 4.16. The zero-order valence-corrected chi connectivity index (χ0v) is 13.4. The first-order valence-corrected chi connectivity index (χ1v) is 4.20. The van der Waals surface area contributed by atoms with E-state index in [9.17, 15) is 19.8 Å². The van der Waals surface area contributed by atoms with E-state index in [4.69, 9.17) is 0 Å². The molecule has 0 bridgehead atoms. The van der Waals surface area contributed by atoms with Crippen molar-refractivity contribution < 1.29 is 90.0 Å². The summed E-state index contributed by atoms with van der Waals surface area (Å²) in [5.74, 6) is -4.25. The molecule has 0 heterocycles. The minimum absolute atomic E-state index is 0. The Balaban J connectivity index is -0.000000720. The van der Waals surface area contributed by atoms with Gasteiger partial charge in [-0.25, -0.2) is 0 Å².